The molecule has 17 heavy (non-hydrogen) atoms. The summed E-state index contributed by atoms with van der Waals surface area (Å²) in [6.07, 6.45) is 4.25. The van der Waals surface area contributed by atoms with E-state index in [1.807, 2.05) is 30.3 Å². The number of hydrogen-bond acceptors (Lipinski definition) is 1. The zero-order valence-corrected chi connectivity index (χ0v) is 9.97. The largest absolute Gasteiger partial charge is 0.380 e. The van der Waals surface area contributed by atoms with Gasteiger partial charge in [-0.15, -0.1) is 0 Å². The van der Waals surface area contributed by atoms with E-state index in [4.69, 9.17) is 4.74 Å². The van der Waals surface area contributed by atoms with E-state index in [1.54, 1.807) is 7.11 Å². The van der Waals surface area contributed by atoms with Crippen LogP contribution in [0.5, 0.6) is 0 Å². The molecular weight excluding hydrogens is 208 g/mol. The van der Waals surface area contributed by atoms with Crippen LogP contribution in [0.1, 0.15) is 16.7 Å². The van der Waals surface area contributed by atoms with Gasteiger partial charge in [0.05, 0.1) is 6.61 Å². The van der Waals surface area contributed by atoms with Crippen molar-refractivity contribution in [1.29, 1.82) is 0 Å². The van der Waals surface area contributed by atoms with E-state index in [9.17, 15) is 0 Å². The summed E-state index contributed by atoms with van der Waals surface area (Å²) in [6.45, 7) is 0.648. The standard InChI is InChI=1S/C16H16O/c1-17-13-16-10-6-5-9-15(16)12-11-14-7-3-2-4-8-14/h2-12H,13H2,1H3/b12-11+. The van der Waals surface area contributed by atoms with Crippen LogP contribution in [0.2, 0.25) is 0 Å². The zero-order valence-electron chi connectivity index (χ0n) is 9.97. The third-order valence-corrected chi connectivity index (χ3v) is 2.61. The maximum absolute atomic E-state index is 5.19. The highest BCUT2D eigenvalue weighted by molar-refractivity contribution is 5.70. The van der Waals surface area contributed by atoms with Gasteiger partial charge in [0, 0.05) is 7.11 Å². The van der Waals surface area contributed by atoms with Gasteiger partial charge in [0.25, 0.3) is 0 Å². The molecule has 0 spiro atoms. The Morgan fingerprint density at radius 3 is 2.35 bits per heavy atom. The Balaban J connectivity index is 2.21. The van der Waals surface area contributed by atoms with Gasteiger partial charge in [-0.1, -0.05) is 66.7 Å². The minimum atomic E-state index is 0.648. The van der Waals surface area contributed by atoms with E-state index in [0.29, 0.717) is 6.61 Å². The van der Waals surface area contributed by atoms with Crippen LogP contribution in [0, 0.1) is 0 Å². The van der Waals surface area contributed by atoms with Gasteiger partial charge < -0.3 is 4.74 Å². The summed E-state index contributed by atoms with van der Waals surface area (Å²) in [7, 11) is 1.72. The number of hydrogen-bond donors (Lipinski definition) is 0. The second-order valence-electron chi connectivity index (χ2n) is 3.88. The smallest absolute Gasteiger partial charge is 0.0718 e. The van der Waals surface area contributed by atoms with E-state index in [1.165, 1.54) is 16.7 Å². The lowest BCUT2D eigenvalue weighted by atomic mass is 10.1. The monoisotopic (exact) mass is 224 g/mol. The fourth-order valence-electron chi connectivity index (χ4n) is 1.73. The highest BCUT2D eigenvalue weighted by Gasteiger charge is 1.96. The lowest BCUT2D eigenvalue weighted by Gasteiger charge is -2.04. The maximum Gasteiger partial charge on any atom is 0.0718 e. The van der Waals surface area contributed by atoms with Crippen LogP contribution in [0.15, 0.2) is 54.6 Å². The molecule has 0 heterocycles. The molecule has 0 saturated heterocycles. The number of rotatable bonds is 4. The van der Waals surface area contributed by atoms with Gasteiger partial charge in [-0.3, -0.25) is 0 Å². The Labute approximate surface area is 102 Å². The summed E-state index contributed by atoms with van der Waals surface area (Å²) in [4.78, 5) is 0. The number of benzene rings is 2. The fourth-order valence-corrected chi connectivity index (χ4v) is 1.73. The minimum Gasteiger partial charge on any atom is -0.380 e. The molecular formula is C16H16O. The Kier molecular flexibility index (Phi) is 4.11. The molecule has 2 rings (SSSR count). The molecule has 2 aromatic carbocycles. The van der Waals surface area contributed by atoms with Crippen molar-refractivity contribution in [2.24, 2.45) is 0 Å². The molecule has 0 saturated carbocycles. The Bertz CT molecular complexity index is 486. The van der Waals surface area contributed by atoms with Crippen molar-refractivity contribution in [3.63, 3.8) is 0 Å². The Morgan fingerprint density at radius 2 is 1.59 bits per heavy atom. The van der Waals surface area contributed by atoms with E-state index in [2.05, 4.69) is 36.4 Å². The first-order chi connectivity index (χ1) is 8.40. The van der Waals surface area contributed by atoms with Crippen molar-refractivity contribution < 1.29 is 4.74 Å². The molecule has 0 amide bonds. The Hall–Kier alpha value is -1.86. The normalized spacial score (nSPS) is 10.9. The molecule has 0 aromatic heterocycles. The van der Waals surface area contributed by atoms with Crippen LogP contribution < -0.4 is 0 Å². The predicted octanol–water partition coefficient (Wildman–Crippen LogP) is 4.00. The molecule has 0 aliphatic carbocycles. The first-order valence-electron chi connectivity index (χ1n) is 5.70. The second kappa shape index (κ2) is 6.02. The molecule has 0 aliphatic rings. The summed E-state index contributed by atoms with van der Waals surface area (Å²) >= 11 is 0. The highest BCUT2D eigenvalue weighted by atomic mass is 16.5. The van der Waals surface area contributed by atoms with Crippen LogP contribution in [0.3, 0.4) is 0 Å². The molecule has 0 fully saturated rings. The second-order valence-corrected chi connectivity index (χ2v) is 3.88. The lowest BCUT2D eigenvalue weighted by molar-refractivity contribution is 0.185. The maximum atomic E-state index is 5.19. The fraction of sp³-hybridized carbons (Fsp3) is 0.125. The van der Waals surface area contributed by atoms with Gasteiger partial charge in [0.2, 0.25) is 0 Å². The molecule has 1 heteroatoms. The van der Waals surface area contributed by atoms with Crippen molar-refractivity contribution in [3.05, 3.63) is 71.3 Å². The average Bonchev–Trinajstić information content (AvgIpc) is 2.39. The highest BCUT2D eigenvalue weighted by Crippen LogP contribution is 2.13. The van der Waals surface area contributed by atoms with Crippen molar-refractivity contribution in [1.82, 2.24) is 0 Å². The molecule has 0 N–H and O–H groups in total. The van der Waals surface area contributed by atoms with E-state index < -0.39 is 0 Å². The van der Waals surface area contributed by atoms with Crippen molar-refractivity contribution in [2.45, 2.75) is 6.61 Å². The predicted molar refractivity (Wildman–Crippen MR) is 72.5 cm³/mol. The van der Waals surface area contributed by atoms with Gasteiger partial charge in [-0.25, -0.2) is 0 Å². The summed E-state index contributed by atoms with van der Waals surface area (Å²) < 4.78 is 5.19. The average molecular weight is 224 g/mol. The van der Waals surface area contributed by atoms with E-state index in [-0.39, 0.29) is 0 Å². The zero-order chi connectivity index (χ0) is 11.9. The molecule has 1 nitrogen and oxygen atoms in total. The molecule has 86 valence electrons. The third kappa shape index (κ3) is 3.30. The third-order valence-electron chi connectivity index (χ3n) is 2.61. The van der Waals surface area contributed by atoms with Crippen molar-refractivity contribution >= 4 is 12.2 Å². The quantitative estimate of drug-likeness (QED) is 0.713. The van der Waals surface area contributed by atoms with Crippen LogP contribution in [0.4, 0.5) is 0 Å². The van der Waals surface area contributed by atoms with Gasteiger partial charge in [-0.2, -0.15) is 0 Å². The van der Waals surface area contributed by atoms with Gasteiger partial charge in [0.15, 0.2) is 0 Å². The first-order valence-corrected chi connectivity index (χ1v) is 5.70. The molecule has 0 aliphatic heterocycles. The Morgan fingerprint density at radius 1 is 0.882 bits per heavy atom. The van der Waals surface area contributed by atoms with Gasteiger partial charge >= 0.3 is 0 Å². The van der Waals surface area contributed by atoms with Crippen LogP contribution >= 0.6 is 0 Å². The van der Waals surface area contributed by atoms with E-state index >= 15 is 0 Å². The summed E-state index contributed by atoms with van der Waals surface area (Å²) in [5, 5.41) is 0. The lowest BCUT2D eigenvalue weighted by Crippen LogP contribution is -1.90. The summed E-state index contributed by atoms with van der Waals surface area (Å²) in [6, 6.07) is 18.6. The molecule has 0 unspecified atom stereocenters. The SMILES string of the molecule is COCc1ccccc1/C=C/c1ccccc1. The van der Waals surface area contributed by atoms with Crippen LogP contribution in [0.25, 0.3) is 12.2 Å². The number of methoxy groups -OCH3 is 1. The molecule has 2 aromatic rings. The minimum absolute atomic E-state index is 0.648. The molecule has 0 atom stereocenters. The first kappa shape index (κ1) is 11.6. The van der Waals surface area contributed by atoms with Crippen molar-refractivity contribution in [2.75, 3.05) is 7.11 Å². The van der Waals surface area contributed by atoms with E-state index in [0.717, 1.165) is 0 Å². The molecule has 0 radical (unpaired) electrons. The van der Waals surface area contributed by atoms with Gasteiger partial charge in [0.1, 0.15) is 0 Å². The topological polar surface area (TPSA) is 9.23 Å². The van der Waals surface area contributed by atoms with Crippen molar-refractivity contribution in [3.8, 4) is 0 Å². The van der Waals surface area contributed by atoms with Gasteiger partial charge in [-0.05, 0) is 16.7 Å². The molecule has 0 bridgehead atoms. The van der Waals surface area contributed by atoms with Crippen LogP contribution in [-0.2, 0) is 11.3 Å². The number of ether oxygens (including phenoxy) is 1. The summed E-state index contributed by atoms with van der Waals surface area (Å²) in [5.74, 6) is 0. The summed E-state index contributed by atoms with van der Waals surface area (Å²) in [5.41, 5.74) is 3.63. The van der Waals surface area contributed by atoms with Crippen LogP contribution in [-0.4, -0.2) is 7.11 Å².